The molecule has 2 aromatic carbocycles. The fourth-order valence-corrected chi connectivity index (χ4v) is 9.91. The van der Waals surface area contributed by atoms with Gasteiger partial charge in [-0.15, -0.1) is 0 Å². The maximum atomic E-state index is 14.0. The van der Waals surface area contributed by atoms with E-state index >= 15 is 0 Å². The van der Waals surface area contributed by atoms with Crippen molar-refractivity contribution in [1.82, 2.24) is 9.80 Å². The van der Waals surface area contributed by atoms with Crippen molar-refractivity contribution in [3.63, 3.8) is 0 Å². The van der Waals surface area contributed by atoms with Crippen molar-refractivity contribution in [3.8, 4) is 23.0 Å². The van der Waals surface area contributed by atoms with E-state index in [4.69, 9.17) is 18.9 Å². The summed E-state index contributed by atoms with van der Waals surface area (Å²) in [7, 11) is 0.138. The van der Waals surface area contributed by atoms with Crippen molar-refractivity contribution in [2.75, 3.05) is 70.9 Å². The summed E-state index contributed by atoms with van der Waals surface area (Å²) in [5, 5.41) is 12.2. The molecule has 0 saturated carbocycles. The summed E-state index contributed by atoms with van der Waals surface area (Å²) in [6.07, 6.45) is 1.72. The molecule has 2 aromatic rings. The molecule has 0 aromatic heterocycles. The van der Waals surface area contributed by atoms with Crippen LogP contribution >= 0.6 is 7.14 Å². The molecule has 13 nitrogen and oxygen atoms in total. The van der Waals surface area contributed by atoms with Crippen LogP contribution < -0.4 is 24.3 Å². The van der Waals surface area contributed by atoms with Gasteiger partial charge in [-0.25, -0.2) is 8.78 Å². The summed E-state index contributed by atoms with van der Waals surface area (Å²) >= 11 is 0. The summed E-state index contributed by atoms with van der Waals surface area (Å²) in [6.45, 7) is 0.164. The number of carbonyl (C=O) groups excluding carboxylic acids is 3. The Balaban J connectivity index is 1.05. The molecule has 3 amide bonds. The number of benzene rings is 2. The number of nitrogens with one attached hydrogen (secondary N) is 1. The number of alkyl halides is 2. The van der Waals surface area contributed by atoms with E-state index < -0.39 is 43.4 Å². The minimum atomic E-state index is -2.75. The predicted molar refractivity (Wildman–Crippen MR) is 186 cm³/mol. The molecule has 0 radical (unpaired) electrons. The van der Waals surface area contributed by atoms with Crippen LogP contribution in [-0.2, 0) is 9.36 Å². The van der Waals surface area contributed by atoms with Gasteiger partial charge >= 0.3 is 0 Å². The zero-order chi connectivity index (χ0) is 36.3. The Hall–Kier alpha value is -4.23. The number of aliphatic hydroxyl groups is 1. The van der Waals surface area contributed by atoms with Crippen LogP contribution in [0.2, 0.25) is 0 Å². The van der Waals surface area contributed by atoms with Crippen molar-refractivity contribution in [2.45, 2.75) is 56.5 Å². The lowest BCUT2D eigenvalue weighted by Crippen LogP contribution is -2.40. The molecule has 2 saturated heterocycles. The third-order valence-electron chi connectivity index (χ3n) is 9.72. The lowest BCUT2D eigenvalue weighted by atomic mass is 10.1. The standard InChI is InChI=1S/C35H43F2N4O9P/c1-47-29-14-24-26(38-18-23-12-21(36)19-40(23)34(24)44)16-31(29)49-7-4-10-51(46,9-3-6-42)11-5-8-50-32-17-27-25(15-30(32)48-2)35(45)41-20-22(37)13-28(41)33(43)39-27/h14-18,21-23,28,42H,3-13,19-20H2,1-2H3,(H,39,43)/t21?,22?,23-,28-,51?/m0/s1. The highest BCUT2D eigenvalue weighted by Gasteiger charge is 2.43. The molecule has 4 aliphatic heterocycles. The smallest absolute Gasteiger partial charge is 0.256 e. The Bertz CT molecular complexity index is 1740. The van der Waals surface area contributed by atoms with Gasteiger partial charge in [0.05, 0.1) is 76.2 Å². The minimum Gasteiger partial charge on any atom is -0.493 e. The minimum absolute atomic E-state index is 0.0190. The van der Waals surface area contributed by atoms with E-state index in [9.17, 15) is 32.8 Å². The van der Waals surface area contributed by atoms with Gasteiger partial charge in [-0.1, -0.05) is 0 Å². The number of hydrogen-bond acceptors (Lipinski definition) is 10. The highest BCUT2D eigenvalue weighted by Crippen LogP contribution is 2.48. The number of amides is 3. The zero-order valence-electron chi connectivity index (χ0n) is 28.6. The topological polar surface area (TPSA) is 156 Å². The van der Waals surface area contributed by atoms with E-state index in [1.54, 1.807) is 18.3 Å². The monoisotopic (exact) mass is 732 g/mol. The third kappa shape index (κ3) is 7.84. The lowest BCUT2D eigenvalue weighted by Gasteiger charge is -2.21. The first kappa shape index (κ1) is 36.6. The quantitative estimate of drug-likeness (QED) is 0.200. The SMILES string of the molecule is COc1cc2c(cc1OCCCP(=O)(CCCO)CCCOc1cc3c(cc1OC)C(=O)N1CC(F)C[C@H]1C(=O)N3)N=C[C@@H]1CC(F)CN1C2=O. The summed E-state index contributed by atoms with van der Waals surface area (Å²) in [6, 6.07) is 4.88. The number of methoxy groups -OCH3 is 2. The highest BCUT2D eigenvalue weighted by molar-refractivity contribution is 7.63. The van der Waals surface area contributed by atoms with Gasteiger partial charge in [-0.3, -0.25) is 19.4 Å². The molecule has 276 valence electrons. The van der Waals surface area contributed by atoms with Crippen LogP contribution in [-0.4, -0.2) is 129 Å². The molecule has 0 aliphatic carbocycles. The van der Waals surface area contributed by atoms with Gasteiger partial charge in [0.2, 0.25) is 5.91 Å². The van der Waals surface area contributed by atoms with Gasteiger partial charge in [0.25, 0.3) is 11.8 Å². The normalized spacial score (nSPS) is 23.4. The predicted octanol–water partition coefficient (Wildman–Crippen LogP) is 4.46. The summed E-state index contributed by atoms with van der Waals surface area (Å²) in [5.41, 5.74) is 1.14. The molecule has 6 rings (SSSR count). The number of nitrogens with zero attached hydrogens (tertiary/aromatic N) is 3. The van der Waals surface area contributed by atoms with E-state index in [1.165, 1.54) is 36.2 Å². The van der Waals surface area contributed by atoms with Crippen LogP contribution in [0.4, 0.5) is 20.2 Å². The van der Waals surface area contributed by atoms with E-state index in [0.717, 1.165) is 0 Å². The molecule has 0 spiro atoms. The van der Waals surface area contributed by atoms with Crippen molar-refractivity contribution in [2.24, 2.45) is 4.99 Å². The first-order valence-corrected chi connectivity index (χ1v) is 19.4. The number of aliphatic hydroxyl groups excluding tert-OH is 1. The molecule has 0 bridgehead atoms. The van der Waals surface area contributed by atoms with Crippen molar-refractivity contribution in [3.05, 3.63) is 35.4 Å². The lowest BCUT2D eigenvalue weighted by molar-refractivity contribution is -0.119. The Labute approximate surface area is 294 Å². The first-order chi connectivity index (χ1) is 24.5. The van der Waals surface area contributed by atoms with Gasteiger partial charge in [0.15, 0.2) is 23.0 Å². The largest absolute Gasteiger partial charge is 0.493 e. The van der Waals surface area contributed by atoms with Crippen LogP contribution in [0.1, 0.15) is 52.8 Å². The Morgan fingerprint density at radius 1 is 0.824 bits per heavy atom. The van der Waals surface area contributed by atoms with Crippen LogP contribution in [0.5, 0.6) is 23.0 Å². The molecule has 2 fully saturated rings. The molecular formula is C35H43F2N4O9P. The van der Waals surface area contributed by atoms with E-state index in [2.05, 4.69) is 10.3 Å². The summed E-state index contributed by atoms with van der Waals surface area (Å²) in [5.74, 6) is 0.0297. The number of hydrogen-bond donors (Lipinski definition) is 2. The number of fused-ring (bicyclic) bond motifs is 4. The average Bonchev–Trinajstić information content (AvgIpc) is 3.65. The van der Waals surface area contributed by atoms with Crippen LogP contribution in [0, 0.1) is 0 Å². The number of anilines is 1. The number of aliphatic imine (C=N–C) groups is 1. The van der Waals surface area contributed by atoms with Gasteiger partial charge in [-0.2, -0.15) is 0 Å². The fourth-order valence-electron chi connectivity index (χ4n) is 7.11. The second-order valence-electron chi connectivity index (χ2n) is 13.2. The number of ether oxygens (including phenoxy) is 4. The molecule has 16 heteroatoms. The van der Waals surface area contributed by atoms with E-state index in [1.807, 2.05) is 0 Å². The second-order valence-corrected chi connectivity index (χ2v) is 16.7. The van der Waals surface area contributed by atoms with Gasteiger partial charge in [0.1, 0.15) is 18.4 Å². The number of rotatable bonds is 15. The van der Waals surface area contributed by atoms with Crippen LogP contribution in [0.15, 0.2) is 29.3 Å². The van der Waals surface area contributed by atoms with E-state index in [0.29, 0.717) is 66.2 Å². The summed E-state index contributed by atoms with van der Waals surface area (Å²) in [4.78, 5) is 46.3. The van der Waals surface area contributed by atoms with Crippen LogP contribution in [0.25, 0.3) is 0 Å². The molecule has 4 aliphatic rings. The molecule has 4 heterocycles. The van der Waals surface area contributed by atoms with Gasteiger partial charge in [-0.05, 0) is 31.4 Å². The molecule has 3 unspecified atom stereocenters. The maximum Gasteiger partial charge on any atom is 0.256 e. The van der Waals surface area contributed by atoms with Crippen molar-refractivity contribution < 1.29 is 51.8 Å². The third-order valence-corrected chi connectivity index (χ3v) is 13.1. The Morgan fingerprint density at radius 2 is 1.41 bits per heavy atom. The molecule has 2 N–H and O–H groups in total. The van der Waals surface area contributed by atoms with Crippen molar-refractivity contribution in [1.29, 1.82) is 0 Å². The molecule has 51 heavy (non-hydrogen) atoms. The average molecular weight is 733 g/mol. The second kappa shape index (κ2) is 15.6. The van der Waals surface area contributed by atoms with Crippen LogP contribution in [0.3, 0.4) is 0 Å². The maximum absolute atomic E-state index is 14.0. The Morgan fingerprint density at radius 3 is 2.08 bits per heavy atom. The molecular weight excluding hydrogens is 689 g/mol. The molecule has 5 atom stereocenters. The number of halogens is 2. The zero-order valence-corrected chi connectivity index (χ0v) is 29.5. The fraction of sp³-hybridized carbons (Fsp3) is 0.543. The Kier molecular flexibility index (Phi) is 11.2. The first-order valence-electron chi connectivity index (χ1n) is 17.2. The van der Waals surface area contributed by atoms with Gasteiger partial charge in [0, 0.05) is 56.3 Å². The van der Waals surface area contributed by atoms with Crippen molar-refractivity contribution >= 4 is 42.5 Å². The number of carbonyl (C=O) groups is 3. The van der Waals surface area contributed by atoms with Gasteiger partial charge < -0.3 is 43.7 Å². The van der Waals surface area contributed by atoms with E-state index in [-0.39, 0.29) is 68.7 Å². The highest BCUT2D eigenvalue weighted by atomic mass is 31.2. The summed E-state index contributed by atoms with van der Waals surface area (Å²) < 4.78 is 64.9.